The van der Waals surface area contributed by atoms with Crippen molar-refractivity contribution in [1.82, 2.24) is 20.9 Å². The zero-order chi connectivity index (χ0) is 22.4. The fraction of sp³-hybridized carbons (Fsp3) is 0.286. The van der Waals surface area contributed by atoms with Crippen LogP contribution < -0.4 is 16.0 Å². The van der Waals surface area contributed by atoms with Crippen molar-refractivity contribution in [2.45, 2.75) is 37.4 Å². The van der Waals surface area contributed by atoms with Crippen LogP contribution in [0.2, 0.25) is 0 Å². The second-order valence-corrected chi connectivity index (χ2v) is 7.88. The Balaban J connectivity index is 1.57. The normalized spacial score (nSPS) is 19.1. The first kappa shape index (κ1) is 22.4. The van der Waals surface area contributed by atoms with Gasteiger partial charge in [-0.15, -0.1) is 0 Å². The minimum atomic E-state index is -1.22. The SMILES string of the molecule is O=C(C[C@@H]1NC(=O)[C@H](Cc2ccccc2)NC1=O)N[C@H](Cc1cccnc1Br)C(=O)O. The van der Waals surface area contributed by atoms with Gasteiger partial charge in [-0.1, -0.05) is 36.4 Å². The highest BCUT2D eigenvalue weighted by molar-refractivity contribution is 9.10. The number of pyridine rings is 1. The molecule has 162 valence electrons. The standard InChI is InChI=1S/C21H21BrN4O5/c22-18-13(7-4-8-23-18)10-16(21(30)31)24-17(27)11-15-20(29)25-14(19(28)26-15)9-12-5-2-1-3-6-12/h1-8,14-16H,9-11H2,(H,24,27)(H,25,29)(H,26,28)(H,30,31)/t14-,15-,16+/m0/s1. The van der Waals surface area contributed by atoms with E-state index in [1.807, 2.05) is 30.3 Å². The molecule has 0 spiro atoms. The van der Waals surface area contributed by atoms with E-state index < -0.39 is 41.8 Å². The van der Waals surface area contributed by atoms with Crippen molar-refractivity contribution < 1.29 is 24.3 Å². The number of carbonyl (C=O) groups excluding carboxylic acids is 3. The zero-order valence-corrected chi connectivity index (χ0v) is 18.0. The van der Waals surface area contributed by atoms with Gasteiger partial charge in [-0.05, 0) is 33.1 Å². The topological polar surface area (TPSA) is 137 Å². The largest absolute Gasteiger partial charge is 0.480 e. The Labute approximate surface area is 186 Å². The molecule has 31 heavy (non-hydrogen) atoms. The molecule has 0 radical (unpaired) electrons. The van der Waals surface area contributed by atoms with Crippen molar-refractivity contribution >= 4 is 39.6 Å². The molecule has 1 aromatic heterocycles. The van der Waals surface area contributed by atoms with E-state index in [-0.39, 0.29) is 12.8 Å². The number of carbonyl (C=O) groups is 4. The number of hydrogen-bond acceptors (Lipinski definition) is 5. The number of benzene rings is 1. The van der Waals surface area contributed by atoms with E-state index in [0.717, 1.165) is 5.56 Å². The zero-order valence-electron chi connectivity index (χ0n) is 16.4. The van der Waals surface area contributed by atoms with Crippen LogP contribution in [0, 0.1) is 0 Å². The van der Waals surface area contributed by atoms with Crippen LogP contribution in [-0.2, 0) is 32.0 Å². The van der Waals surface area contributed by atoms with Crippen LogP contribution in [0.5, 0.6) is 0 Å². The molecular weight excluding hydrogens is 468 g/mol. The first-order valence-electron chi connectivity index (χ1n) is 9.59. The van der Waals surface area contributed by atoms with Crippen molar-refractivity contribution in [2.75, 3.05) is 0 Å². The van der Waals surface area contributed by atoms with Crippen LogP contribution >= 0.6 is 15.9 Å². The van der Waals surface area contributed by atoms with Gasteiger partial charge in [0.15, 0.2) is 0 Å². The Morgan fingerprint density at radius 1 is 1.06 bits per heavy atom. The number of halogens is 1. The Kier molecular flexibility index (Phi) is 7.35. The van der Waals surface area contributed by atoms with Crippen LogP contribution in [0.3, 0.4) is 0 Å². The van der Waals surface area contributed by atoms with E-state index in [1.54, 1.807) is 18.3 Å². The molecule has 1 saturated heterocycles. The number of carboxylic acid groups (broad SMARTS) is 1. The summed E-state index contributed by atoms with van der Waals surface area (Å²) in [5, 5.41) is 17.0. The van der Waals surface area contributed by atoms with Crippen LogP contribution in [0.25, 0.3) is 0 Å². The van der Waals surface area contributed by atoms with Gasteiger partial charge in [-0.3, -0.25) is 14.4 Å². The number of nitrogens with zero attached hydrogens (tertiary/aromatic N) is 1. The summed E-state index contributed by atoms with van der Waals surface area (Å²) in [6.45, 7) is 0. The average Bonchev–Trinajstić information content (AvgIpc) is 2.73. The molecule has 1 aliphatic rings. The lowest BCUT2D eigenvalue weighted by atomic mass is 10.0. The van der Waals surface area contributed by atoms with E-state index in [0.29, 0.717) is 16.6 Å². The summed E-state index contributed by atoms with van der Waals surface area (Å²) in [6.07, 6.45) is 1.53. The van der Waals surface area contributed by atoms with Gasteiger partial charge in [0.1, 0.15) is 22.7 Å². The third-order valence-corrected chi connectivity index (χ3v) is 5.55. The van der Waals surface area contributed by atoms with Gasteiger partial charge < -0.3 is 21.1 Å². The molecule has 3 amide bonds. The Bertz CT molecular complexity index is 985. The van der Waals surface area contributed by atoms with Gasteiger partial charge in [0, 0.05) is 19.0 Å². The second-order valence-electron chi connectivity index (χ2n) is 7.13. The average molecular weight is 489 g/mol. The number of rotatable bonds is 8. The molecule has 0 bridgehead atoms. The maximum atomic E-state index is 12.4. The Morgan fingerprint density at radius 2 is 1.74 bits per heavy atom. The Morgan fingerprint density at radius 3 is 2.42 bits per heavy atom. The monoisotopic (exact) mass is 488 g/mol. The maximum absolute atomic E-state index is 12.4. The number of amides is 3. The predicted octanol–water partition coefficient (Wildman–Crippen LogP) is 0.572. The van der Waals surface area contributed by atoms with Gasteiger partial charge in [0.05, 0.1) is 6.42 Å². The Hall–Kier alpha value is -3.27. The quantitative estimate of drug-likeness (QED) is 0.401. The molecule has 4 N–H and O–H groups in total. The van der Waals surface area contributed by atoms with Crippen molar-refractivity contribution in [3.05, 3.63) is 64.4 Å². The van der Waals surface area contributed by atoms with E-state index >= 15 is 0 Å². The minimum absolute atomic E-state index is 0.0118. The summed E-state index contributed by atoms with van der Waals surface area (Å²) in [5.74, 6) is -2.76. The first-order valence-corrected chi connectivity index (χ1v) is 10.4. The third-order valence-electron chi connectivity index (χ3n) is 4.83. The summed E-state index contributed by atoms with van der Waals surface area (Å²) in [4.78, 5) is 52.8. The molecule has 1 aliphatic heterocycles. The van der Waals surface area contributed by atoms with Gasteiger partial charge >= 0.3 is 5.97 Å². The summed E-state index contributed by atoms with van der Waals surface area (Å²) in [7, 11) is 0. The van der Waals surface area contributed by atoms with Gasteiger partial charge in [0.2, 0.25) is 17.7 Å². The number of aliphatic carboxylic acids is 1. The molecule has 3 atom stereocenters. The van der Waals surface area contributed by atoms with Crippen molar-refractivity contribution in [3.8, 4) is 0 Å². The summed E-state index contributed by atoms with van der Waals surface area (Å²) in [5.41, 5.74) is 1.51. The van der Waals surface area contributed by atoms with Gasteiger partial charge in [-0.2, -0.15) is 0 Å². The smallest absolute Gasteiger partial charge is 0.326 e. The van der Waals surface area contributed by atoms with Crippen molar-refractivity contribution in [3.63, 3.8) is 0 Å². The van der Waals surface area contributed by atoms with Crippen LogP contribution in [-0.4, -0.2) is 51.9 Å². The first-order chi connectivity index (χ1) is 14.8. The number of aromatic nitrogens is 1. The molecular formula is C21H21BrN4O5. The fourth-order valence-corrected chi connectivity index (χ4v) is 3.66. The molecule has 2 aromatic rings. The molecule has 0 saturated carbocycles. The molecule has 3 rings (SSSR count). The van der Waals surface area contributed by atoms with Crippen LogP contribution in [0.4, 0.5) is 0 Å². The lowest BCUT2D eigenvalue weighted by Gasteiger charge is -2.29. The number of hydrogen-bond donors (Lipinski definition) is 4. The summed E-state index contributed by atoms with van der Waals surface area (Å²) < 4.78 is 0.485. The fourth-order valence-electron chi connectivity index (χ4n) is 3.24. The van der Waals surface area contributed by atoms with Crippen LogP contribution in [0.1, 0.15) is 17.5 Å². The molecule has 0 unspecified atom stereocenters. The molecule has 1 aromatic carbocycles. The maximum Gasteiger partial charge on any atom is 0.326 e. The minimum Gasteiger partial charge on any atom is -0.480 e. The lowest BCUT2D eigenvalue weighted by Crippen LogP contribution is -2.63. The molecule has 9 nitrogen and oxygen atoms in total. The van der Waals surface area contributed by atoms with Crippen molar-refractivity contribution in [1.29, 1.82) is 0 Å². The molecule has 2 heterocycles. The summed E-state index contributed by atoms with van der Waals surface area (Å²) >= 11 is 3.25. The third kappa shape index (κ3) is 6.11. The van der Waals surface area contributed by atoms with Crippen LogP contribution in [0.15, 0.2) is 53.3 Å². The van der Waals surface area contributed by atoms with Crippen molar-refractivity contribution in [2.24, 2.45) is 0 Å². The highest BCUT2D eigenvalue weighted by Gasteiger charge is 2.35. The van der Waals surface area contributed by atoms with Gasteiger partial charge in [-0.25, -0.2) is 9.78 Å². The highest BCUT2D eigenvalue weighted by Crippen LogP contribution is 2.15. The van der Waals surface area contributed by atoms with E-state index in [1.165, 1.54) is 0 Å². The molecule has 0 aliphatic carbocycles. The summed E-state index contributed by atoms with van der Waals surface area (Å²) in [6, 6.07) is 9.59. The molecule has 10 heteroatoms. The highest BCUT2D eigenvalue weighted by atomic mass is 79.9. The van der Waals surface area contributed by atoms with E-state index in [4.69, 9.17) is 0 Å². The second kappa shape index (κ2) is 10.2. The number of piperazine rings is 1. The van der Waals surface area contributed by atoms with E-state index in [9.17, 15) is 24.3 Å². The van der Waals surface area contributed by atoms with E-state index in [2.05, 4.69) is 36.9 Å². The van der Waals surface area contributed by atoms with Gasteiger partial charge in [0.25, 0.3) is 0 Å². The molecule has 1 fully saturated rings. The number of nitrogens with one attached hydrogen (secondary N) is 3. The predicted molar refractivity (Wildman–Crippen MR) is 114 cm³/mol. The number of carboxylic acids is 1. The lowest BCUT2D eigenvalue weighted by molar-refractivity contribution is -0.142.